The molecule has 1 aliphatic heterocycles. The summed E-state index contributed by atoms with van der Waals surface area (Å²) in [5.74, 6) is 0.0984. The number of rotatable bonds is 6. The molecular weight excluding hydrogens is 438 g/mol. The molecule has 4 aromatic rings. The Labute approximate surface area is 194 Å². The van der Waals surface area contributed by atoms with Crippen molar-refractivity contribution in [1.29, 1.82) is 0 Å². The number of para-hydroxylation sites is 2. The number of benzene rings is 3. The first-order valence-electron chi connectivity index (χ1n) is 11.0. The van der Waals surface area contributed by atoms with E-state index in [1.165, 1.54) is 0 Å². The first-order valence-corrected chi connectivity index (χ1v) is 11.0. The van der Waals surface area contributed by atoms with Gasteiger partial charge >= 0.3 is 6.55 Å². The molecule has 2 heterocycles. The molecule has 0 radical (unpaired) electrons. The van der Waals surface area contributed by atoms with Gasteiger partial charge in [-0.3, -0.25) is 14.2 Å². The Balaban J connectivity index is 1.27. The van der Waals surface area contributed by atoms with E-state index in [0.717, 1.165) is 28.8 Å². The average Bonchev–Trinajstić information content (AvgIpc) is 3.43. The number of carbonyl (C=O) groups is 2. The van der Waals surface area contributed by atoms with Crippen LogP contribution in [0.2, 0.25) is 0 Å². The van der Waals surface area contributed by atoms with Crippen molar-refractivity contribution < 1.29 is 18.4 Å². The van der Waals surface area contributed by atoms with Gasteiger partial charge in [0.25, 0.3) is 0 Å². The first-order chi connectivity index (χ1) is 16.5. The number of halogens is 2. The summed E-state index contributed by atoms with van der Waals surface area (Å²) in [5.41, 5.74) is 3.63. The van der Waals surface area contributed by atoms with Gasteiger partial charge in [-0.2, -0.15) is 8.78 Å². The van der Waals surface area contributed by atoms with Gasteiger partial charge < -0.3 is 10.2 Å². The number of nitrogens with zero attached hydrogens (tertiary/aromatic N) is 3. The molecule has 5 rings (SSSR count). The summed E-state index contributed by atoms with van der Waals surface area (Å²) in [7, 11) is 0. The molecule has 34 heavy (non-hydrogen) atoms. The fourth-order valence-corrected chi connectivity index (χ4v) is 4.25. The van der Waals surface area contributed by atoms with Gasteiger partial charge in [0.1, 0.15) is 5.82 Å². The second-order valence-corrected chi connectivity index (χ2v) is 8.19. The van der Waals surface area contributed by atoms with Crippen LogP contribution in [0, 0.1) is 0 Å². The molecule has 172 valence electrons. The molecule has 0 bridgehead atoms. The highest BCUT2D eigenvalue weighted by Crippen LogP contribution is 2.30. The predicted molar refractivity (Wildman–Crippen MR) is 127 cm³/mol. The summed E-state index contributed by atoms with van der Waals surface area (Å²) >= 11 is 0. The van der Waals surface area contributed by atoms with Crippen LogP contribution in [0.25, 0.3) is 22.4 Å². The van der Waals surface area contributed by atoms with Crippen molar-refractivity contribution in [3.05, 3.63) is 78.4 Å². The van der Waals surface area contributed by atoms with E-state index in [1.807, 2.05) is 24.3 Å². The second-order valence-electron chi connectivity index (χ2n) is 8.19. The maximum atomic E-state index is 13.7. The Bertz CT molecular complexity index is 1350. The molecule has 2 amide bonds. The van der Waals surface area contributed by atoms with Crippen LogP contribution in [0.5, 0.6) is 0 Å². The number of nitrogens with one attached hydrogen (secondary N) is 1. The molecule has 1 fully saturated rings. The quantitative estimate of drug-likeness (QED) is 0.419. The molecule has 8 heteroatoms. The number of imidazole rings is 1. The van der Waals surface area contributed by atoms with Crippen LogP contribution in [0.1, 0.15) is 25.0 Å². The average molecular weight is 460 g/mol. The minimum absolute atomic E-state index is 0.123. The highest BCUT2D eigenvalue weighted by atomic mass is 19.3. The lowest BCUT2D eigenvalue weighted by atomic mass is 10.1. The van der Waals surface area contributed by atoms with E-state index < -0.39 is 6.55 Å². The standard InChI is InChI=1S/C26H22F2N4O2/c27-26(28)32-22-5-2-1-4-21(22)30-25(32)18-9-11-19(12-10-18)29-23(33)16-17-7-13-20(14-8-17)31-15-3-6-24(31)34/h1-2,4-5,7-14,26H,3,6,15-16H2,(H,29,33). The minimum atomic E-state index is -2.73. The largest absolute Gasteiger partial charge is 0.326 e. The lowest BCUT2D eigenvalue weighted by Crippen LogP contribution is -2.23. The molecule has 6 nitrogen and oxygen atoms in total. The van der Waals surface area contributed by atoms with Gasteiger partial charge in [0, 0.05) is 29.9 Å². The van der Waals surface area contributed by atoms with Crippen LogP contribution in [-0.2, 0) is 16.0 Å². The Morgan fingerprint density at radius 1 is 1.00 bits per heavy atom. The summed E-state index contributed by atoms with van der Waals surface area (Å²) in [6.07, 6.45) is 1.61. The minimum Gasteiger partial charge on any atom is -0.326 e. The van der Waals surface area contributed by atoms with Crippen molar-refractivity contribution in [2.45, 2.75) is 25.8 Å². The Morgan fingerprint density at radius 2 is 1.74 bits per heavy atom. The fraction of sp³-hybridized carbons (Fsp3) is 0.192. The third kappa shape index (κ3) is 4.26. The third-order valence-electron chi connectivity index (χ3n) is 5.90. The van der Waals surface area contributed by atoms with Crippen LogP contribution in [0.15, 0.2) is 72.8 Å². The van der Waals surface area contributed by atoms with Crippen LogP contribution < -0.4 is 10.2 Å². The van der Waals surface area contributed by atoms with Crippen molar-refractivity contribution in [2.75, 3.05) is 16.8 Å². The Hall–Kier alpha value is -4.07. The van der Waals surface area contributed by atoms with Gasteiger partial charge in [0.05, 0.1) is 17.5 Å². The molecular formula is C26H22F2N4O2. The highest BCUT2D eigenvalue weighted by molar-refractivity contribution is 5.95. The number of aromatic nitrogens is 2. The van der Waals surface area contributed by atoms with Crippen molar-refractivity contribution in [2.24, 2.45) is 0 Å². The summed E-state index contributed by atoms with van der Waals surface area (Å²) in [5, 5.41) is 2.83. The van der Waals surface area contributed by atoms with E-state index in [1.54, 1.807) is 53.4 Å². The monoisotopic (exact) mass is 460 g/mol. The van der Waals surface area contributed by atoms with E-state index in [2.05, 4.69) is 10.3 Å². The SMILES string of the molecule is O=C(Cc1ccc(N2CCCC2=O)cc1)Nc1ccc(-c2nc3ccccc3n2C(F)F)cc1. The zero-order valence-electron chi connectivity index (χ0n) is 18.2. The molecule has 3 aromatic carbocycles. The lowest BCUT2D eigenvalue weighted by Gasteiger charge is -2.15. The van der Waals surface area contributed by atoms with Crippen molar-refractivity contribution in [1.82, 2.24) is 9.55 Å². The number of hydrogen-bond acceptors (Lipinski definition) is 3. The number of anilines is 2. The van der Waals surface area contributed by atoms with E-state index in [-0.39, 0.29) is 24.1 Å². The molecule has 1 aromatic heterocycles. The van der Waals surface area contributed by atoms with Gasteiger partial charge in [0.15, 0.2) is 0 Å². The molecule has 1 N–H and O–H groups in total. The topological polar surface area (TPSA) is 67.2 Å². The highest BCUT2D eigenvalue weighted by Gasteiger charge is 2.21. The second kappa shape index (κ2) is 9.05. The summed E-state index contributed by atoms with van der Waals surface area (Å²) < 4.78 is 28.3. The maximum Gasteiger partial charge on any atom is 0.320 e. The summed E-state index contributed by atoms with van der Waals surface area (Å²) in [4.78, 5) is 30.5. The molecule has 0 unspecified atom stereocenters. The van der Waals surface area contributed by atoms with Crippen LogP contribution in [-0.4, -0.2) is 27.9 Å². The van der Waals surface area contributed by atoms with Gasteiger partial charge in [-0.25, -0.2) is 4.98 Å². The molecule has 0 saturated carbocycles. The van der Waals surface area contributed by atoms with Crippen LogP contribution in [0.3, 0.4) is 0 Å². The molecule has 0 spiro atoms. The number of fused-ring (bicyclic) bond motifs is 1. The first kappa shape index (κ1) is 21.8. The van der Waals surface area contributed by atoms with Crippen molar-refractivity contribution >= 4 is 34.2 Å². The van der Waals surface area contributed by atoms with E-state index in [0.29, 0.717) is 28.7 Å². The molecule has 1 saturated heterocycles. The van der Waals surface area contributed by atoms with E-state index >= 15 is 0 Å². The predicted octanol–water partition coefficient (Wildman–Crippen LogP) is 5.41. The summed E-state index contributed by atoms with van der Waals surface area (Å²) in [6.45, 7) is -2.00. The van der Waals surface area contributed by atoms with Crippen molar-refractivity contribution in [3.8, 4) is 11.4 Å². The lowest BCUT2D eigenvalue weighted by molar-refractivity contribution is -0.117. The van der Waals surface area contributed by atoms with Crippen molar-refractivity contribution in [3.63, 3.8) is 0 Å². The number of alkyl halides is 2. The zero-order chi connectivity index (χ0) is 23.7. The number of amides is 2. The van der Waals surface area contributed by atoms with E-state index in [4.69, 9.17) is 0 Å². The Morgan fingerprint density at radius 3 is 2.41 bits per heavy atom. The molecule has 0 aliphatic carbocycles. The van der Waals surface area contributed by atoms with Gasteiger partial charge in [0.2, 0.25) is 11.8 Å². The van der Waals surface area contributed by atoms with E-state index in [9.17, 15) is 18.4 Å². The number of carbonyl (C=O) groups excluding carboxylic acids is 2. The van der Waals surface area contributed by atoms with Gasteiger partial charge in [-0.15, -0.1) is 0 Å². The summed E-state index contributed by atoms with van der Waals surface area (Å²) in [6, 6.07) is 20.8. The number of hydrogen-bond donors (Lipinski definition) is 1. The normalized spacial score (nSPS) is 13.7. The maximum absolute atomic E-state index is 13.7. The molecule has 0 atom stereocenters. The van der Waals surface area contributed by atoms with Gasteiger partial charge in [-0.05, 0) is 60.5 Å². The molecule has 1 aliphatic rings. The van der Waals surface area contributed by atoms with Crippen LogP contribution in [0.4, 0.5) is 20.2 Å². The Kier molecular flexibility index (Phi) is 5.79. The van der Waals surface area contributed by atoms with Gasteiger partial charge in [-0.1, -0.05) is 24.3 Å². The third-order valence-corrected chi connectivity index (χ3v) is 5.90. The fourth-order valence-electron chi connectivity index (χ4n) is 4.25. The van der Waals surface area contributed by atoms with Crippen LogP contribution >= 0.6 is 0 Å². The zero-order valence-corrected chi connectivity index (χ0v) is 18.2. The smallest absolute Gasteiger partial charge is 0.320 e.